The van der Waals surface area contributed by atoms with Crippen LogP contribution in [0, 0.1) is 17.7 Å². The Morgan fingerprint density at radius 3 is 2.49 bits per heavy atom. The van der Waals surface area contributed by atoms with E-state index in [9.17, 15) is 43.2 Å². The molecule has 4 aliphatic rings. The zero-order valence-electron chi connectivity index (χ0n) is 20.7. The van der Waals surface area contributed by atoms with E-state index in [4.69, 9.17) is 5.73 Å². The Morgan fingerprint density at radius 1 is 1.18 bits per heavy atom. The first-order valence-electron chi connectivity index (χ1n) is 12.5. The predicted octanol–water partition coefficient (Wildman–Crippen LogP) is 0.557. The average Bonchev–Trinajstić information content (AvgIpc) is 3.40. The summed E-state index contributed by atoms with van der Waals surface area (Å²) in [4.78, 5) is 38.3. The molecule has 39 heavy (non-hydrogen) atoms. The lowest BCUT2D eigenvalue weighted by molar-refractivity contribution is -0.144. The molecule has 0 bridgehead atoms. The quantitative estimate of drug-likeness (QED) is 0.209. The summed E-state index contributed by atoms with van der Waals surface area (Å²) in [7, 11) is -3.57. The minimum Gasteiger partial charge on any atom is -0.511 e. The van der Waals surface area contributed by atoms with Crippen LogP contribution in [-0.4, -0.2) is 81.6 Å². The molecule has 1 heterocycles. The van der Waals surface area contributed by atoms with Crippen molar-refractivity contribution < 1.29 is 47.6 Å². The van der Waals surface area contributed by atoms with Gasteiger partial charge in [0.1, 0.15) is 28.7 Å². The summed E-state index contributed by atoms with van der Waals surface area (Å²) in [6.45, 7) is 0.653. The lowest BCUT2D eigenvalue weighted by Crippen LogP contribution is -2.57. The molecule has 0 aromatic heterocycles. The van der Waals surface area contributed by atoms with Crippen molar-refractivity contribution in [1.82, 2.24) is 4.31 Å². The van der Waals surface area contributed by atoms with E-state index in [0.717, 1.165) is 18.9 Å². The number of anilines is 1. The molecule has 1 saturated heterocycles. The van der Waals surface area contributed by atoms with Gasteiger partial charge in [0.25, 0.3) is 5.91 Å². The third kappa shape index (κ3) is 4.08. The van der Waals surface area contributed by atoms with E-state index in [1.807, 2.05) is 0 Å². The molecule has 1 aliphatic heterocycles. The molecule has 1 aromatic carbocycles. The highest BCUT2D eigenvalue weighted by molar-refractivity contribution is 7.89. The Morgan fingerprint density at radius 2 is 1.85 bits per heavy atom. The highest BCUT2D eigenvalue weighted by Gasteiger charge is 2.59. The molecule has 0 saturated carbocycles. The van der Waals surface area contributed by atoms with Crippen LogP contribution in [0.15, 0.2) is 28.7 Å². The van der Waals surface area contributed by atoms with Gasteiger partial charge in [-0.1, -0.05) is 0 Å². The third-order valence-electron chi connectivity index (χ3n) is 8.14. The number of amides is 1. The SMILES string of the molecule is NC(=O)C1=C(O)C[C@@H]2CC3Cc4c(F)cc(NCCS(=O)(=O)N5CCCC5)c(O)c4C(=O)C3=C(O)[C@]2(O)C1=O. The number of nitrogens with two attached hydrogens (primary N) is 1. The standard InChI is InChI=1S/C25H28FN3O9S/c26-14-10-15(28-3-6-39(37,38)29-4-1-2-5-29)20(31)18-13(14)8-11-7-12-9-16(30)19(24(27)35)23(34)25(12,36)22(33)17(11)21(18)32/h10-12,28,30-31,33,36H,1-9H2,(H2,27,35)/t11?,12-,25-/m0/s1. The summed E-state index contributed by atoms with van der Waals surface area (Å²) in [6.07, 6.45) is 0.858. The molecule has 0 spiro atoms. The van der Waals surface area contributed by atoms with Crippen LogP contribution in [0.1, 0.15) is 41.6 Å². The Kier molecular flexibility index (Phi) is 6.47. The van der Waals surface area contributed by atoms with E-state index >= 15 is 4.39 Å². The van der Waals surface area contributed by atoms with Gasteiger partial charge in [-0.25, -0.2) is 17.1 Å². The number of primary amides is 1. The molecule has 5 rings (SSSR count). The smallest absolute Gasteiger partial charge is 0.255 e. The van der Waals surface area contributed by atoms with E-state index in [0.29, 0.717) is 13.1 Å². The molecule has 3 aliphatic carbocycles. The zero-order chi connectivity index (χ0) is 28.4. The molecular formula is C25H28FN3O9S. The number of aliphatic hydroxyl groups is 3. The molecule has 12 nitrogen and oxygen atoms in total. The molecular weight excluding hydrogens is 537 g/mol. The Balaban J connectivity index is 1.48. The van der Waals surface area contributed by atoms with Gasteiger partial charge in [0.15, 0.2) is 11.4 Å². The monoisotopic (exact) mass is 565 g/mol. The Hall–Kier alpha value is -3.49. The van der Waals surface area contributed by atoms with Crippen LogP contribution in [0.3, 0.4) is 0 Å². The fraction of sp³-hybridized carbons (Fsp3) is 0.480. The number of sulfonamides is 1. The topological polar surface area (TPSA) is 208 Å². The van der Waals surface area contributed by atoms with Crippen molar-refractivity contribution >= 4 is 33.2 Å². The number of benzene rings is 1. The van der Waals surface area contributed by atoms with Gasteiger partial charge in [-0.3, -0.25) is 14.4 Å². The Bertz CT molecular complexity index is 1480. The van der Waals surface area contributed by atoms with Gasteiger partial charge < -0.3 is 31.5 Å². The van der Waals surface area contributed by atoms with Crippen molar-refractivity contribution in [2.24, 2.45) is 17.6 Å². The van der Waals surface area contributed by atoms with Gasteiger partial charge >= 0.3 is 0 Å². The number of hydrogen-bond acceptors (Lipinski definition) is 10. The van der Waals surface area contributed by atoms with Gasteiger partial charge in [0.05, 0.1) is 17.0 Å². The van der Waals surface area contributed by atoms with E-state index in [-0.39, 0.29) is 42.8 Å². The zero-order valence-corrected chi connectivity index (χ0v) is 21.6. The average molecular weight is 566 g/mol. The lowest BCUT2D eigenvalue weighted by Gasteiger charge is -2.45. The summed E-state index contributed by atoms with van der Waals surface area (Å²) in [5.74, 6) is -9.20. The lowest BCUT2D eigenvalue weighted by atomic mass is 9.60. The van der Waals surface area contributed by atoms with Gasteiger partial charge in [0.2, 0.25) is 15.8 Å². The maximum absolute atomic E-state index is 15.2. The summed E-state index contributed by atoms with van der Waals surface area (Å²) in [6, 6.07) is 0.954. The van der Waals surface area contributed by atoms with Crippen molar-refractivity contribution in [2.45, 2.75) is 37.7 Å². The van der Waals surface area contributed by atoms with Crippen LogP contribution >= 0.6 is 0 Å². The highest BCUT2D eigenvalue weighted by atomic mass is 32.2. The van der Waals surface area contributed by atoms with Crippen LogP contribution < -0.4 is 11.1 Å². The summed E-state index contributed by atoms with van der Waals surface area (Å²) >= 11 is 0. The third-order valence-corrected chi connectivity index (χ3v) is 10.0. The number of halogens is 1. The second-order valence-corrected chi connectivity index (χ2v) is 12.5. The van der Waals surface area contributed by atoms with Gasteiger partial charge in [0, 0.05) is 49.2 Å². The molecule has 1 amide bonds. The fourth-order valence-electron chi connectivity index (χ4n) is 6.19. The number of phenolic OH excluding ortho intramolecular Hbond substituents is 1. The van der Waals surface area contributed by atoms with Crippen molar-refractivity contribution in [3.63, 3.8) is 0 Å². The maximum Gasteiger partial charge on any atom is 0.255 e. The normalized spacial score (nSPS) is 27.3. The number of allylic oxidation sites excluding steroid dienone is 2. The number of aromatic hydroxyl groups is 1. The van der Waals surface area contributed by atoms with Crippen molar-refractivity contribution in [3.05, 3.63) is 45.7 Å². The van der Waals surface area contributed by atoms with E-state index in [1.165, 1.54) is 4.31 Å². The van der Waals surface area contributed by atoms with E-state index in [2.05, 4.69) is 5.32 Å². The summed E-state index contributed by atoms with van der Waals surface area (Å²) < 4.78 is 41.5. The van der Waals surface area contributed by atoms with Gasteiger partial charge in [-0.05, 0) is 31.6 Å². The van der Waals surface area contributed by atoms with Crippen molar-refractivity contribution in [2.75, 3.05) is 30.7 Å². The number of ketones is 2. The fourth-order valence-corrected chi connectivity index (χ4v) is 7.62. The van der Waals surface area contributed by atoms with Crippen LogP contribution in [0.2, 0.25) is 0 Å². The van der Waals surface area contributed by atoms with Gasteiger partial charge in [-0.2, -0.15) is 0 Å². The highest BCUT2D eigenvalue weighted by Crippen LogP contribution is 2.52. The molecule has 14 heteroatoms. The van der Waals surface area contributed by atoms with E-state index < -0.39 is 84.7 Å². The number of nitrogens with zero attached hydrogens (tertiary/aromatic N) is 1. The number of aliphatic hydroxyl groups excluding tert-OH is 2. The summed E-state index contributed by atoms with van der Waals surface area (Å²) in [5.41, 5.74) is 0.297. The van der Waals surface area contributed by atoms with Crippen LogP contribution in [0.25, 0.3) is 0 Å². The van der Waals surface area contributed by atoms with Crippen LogP contribution in [0.4, 0.5) is 10.1 Å². The number of fused-ring (bicyclic) bond motifs is 3. The second kappa shape index (κ2) is 9.31. The minimum atomic E-state index is -3.57. The van der Waals surface area contributed by atoms with Crippen molar-refractivity contribution in [1.29, 1.82) is 0 Å². The first kappa shape index (κ1) is 27.1. The number of carbonyl (C=O) groups excluding carboxylic acids is 3. The number of Topliss-reactive ketones (excluding diaryl/α,β-unsaturated/α-hetero) is 2. The minimum absolute atomic E-state index is 0.114. The molecule has 1 fully saturated rings. The molecule has 1 aromatic rings. The molecule has 1 unspecified atom stereocenters. The van der Waals surface area contributed by atoms with Crippen molar-refractivity contribution in [3.8, 4) is 5.75 Å². The van der Waals surface area contributed by atoms with Gasteiger partial charge in [-0.15, -0.1) is 0 Å². The number of rotatable bonds is 6. The number of carbonyl (C=O) groups is 3. The van der Waals surface area contributed by atoms with Crippen LogP contribution in [-0.2, 0) is 26.0 Å². The first-order valence-corrected chi connectivity index (χ1v) is 14.1. The largest absolute Gasteiger partial charge is 0.511 e. The molecule has 7 N–H and O–H groups in total. The number of nitrogens with one attached hydrogen (secondary N) is 1. The molecule has 3 atom stereocenters. The predicted molar refractivity (Wildman–Crippen MR) is 134 cm³/mol. The summed E-state index contributed by atoms with van der Waals surface area (Å²) in [5, 5.41) is 46.0. The maximum atomic E-state index is 15.2. The Labute approximate surface area is 222 Å². The molecule has 0 radical (unpaired) electrons. The van der Waals surface area contributed by atoms with E-state index in [1.54, 1.807) is 0 Å². The first-order chi connectivity index (χ1) is 18.3. The number of hydrogen-bond donors (Lipinski definition) is 6. The molecule has 210 valence electrons. The van der Waals surface area contributed by atoms with Crippen LogP contribution in [0.5, 0.6) is 5.75 Å². The second-order valence-electron chi connectivity index (χ2n) is 10.4. The number of phenols is 1.